The molecule has 0 aliphatic rings. The quantitative estimate of drug-likeness (QED) is 0.872. The highest BCUT2D eigenvalue weighted by Crippen LogP contribution is 2.05. The van der Waals surface area contributed by atoms with Crippen LogP contribution in [0.5, 0.6) is 0 Å². The fourth-order valence-electron chi connectivity index (χ4n) is 2.25. The summed E-state index contributed by atoms with van der Waals surface area (Å²) < 4.78 is 1.94. The van der Waals surface area contributed by atoms with Gasteiger partial charge >= 0.3 is 0 Å². The Kier molecular flexibility index (Phi) is 4.74. The Labute approximate surface area is 119 Å². The molecule has 5 heteroatoms. The summed E-state index contributed by atoms with van der Waals surface area (Å²) >= 11 is 0. The maximum absolute atomic E-state index is 11.9. The molecule has 0 bridgehead atoms. The second-order valence-electron chi connectivity index (χ2n) is 5.26. The van der Waals surface area contributed by atoms with Gasteiger partial charge in [-0.15, -0.1) is 0 Å². The highest BCUT2D eigenvalue weighted by molar-refractivity contribution is 5.23. The van der Waals surface area contributed by atoms with Crippen molar-refractivity contribution in [2.24, 2.45) is 0 Å². The molecule has 0 saturated carbocycles. The fourth-order valence-corrected chi connectivity index (χ4v) is 2.25. The van der Waals surface area contributed by atoms with Crippen LogP contribution in [0.15, 0.2) is 29.5 Å². The van der Waals surface area contributed by atoms with Gasteiger partial charge in [-0.2, -0.15) is 5.10 Å². The molecule has 0 unspecified atom stereocenters. The van der Waals surface area contributed by atoms with Crippen LogP contribution in [-0.2, 0) is 13.1 Å². The fraction of sp³-hybridized carbons (Fsp3) is 0.467. The summed E-state index contributed by atoms with van der Waals surface area (Å²) in [5, 5.41) is 4.18. The molecule has 0 spiro atoms. The standard InChI is InChI=1S/C15H22N4O/c1-12-10-16-14(13(2)15(12)20)11-18(3)7-5-9-19-8-4-6-17-19/h4,6,8,10H,5,7,9,11H2,1-3H3,(H,16,20). The number of nitrogens with one attached hydrogen (secondary N) is 1. The van der Waals surface area contributed by atoms with E-state index in [9.17, 15) is 4.79 Å². The summed E-state index contributed by atoms with van der Waals surface area (Å²) in [5.74, 6) is 0. The maximum atomic E-state index is 11.9. The minimum absolute atomic E-state index is 0.142. The van der Waals surface area contributed by atoms with Gasteiger partial charge in [-0.1, -0.05) is 0 Å². The molecule has 0 fully saturated rings. The molecule has 0 aliphatic heterocycles. The third-order valence-corrected chi connectivity index (χ3v) is 3.53. The monoisotopic (exact) mass is 274 g/mol. The van der Waals surface area contributed by atoms with Crippen LogP contribution >= 0.6 is 0 Å². The van der Waals surface area contributed by atoms with Gasteiger partial charge in [0.25, 0.3) is 0 Å². The van der Waals surface area contributed by atoms with Crippen LogP contribution < -0.4 is 5.43 Å². The predicted molar refractivity (Wildman–Crippen MR) is 79.7 cm³/mol. The lowest BCUT2D eigenvalue weighted by Crippen LogP contribution is -2.24. The average molecular weight is 274 g/mol. The summed E-state index contributed by atoms with van der Waals surface area (Å²) in [4.78, 5) is 17.3. The Morgan fingerprint density at radius 3 is 2.90 bits per heavy atom. The van der Waals surface area contributed by atoms with E-state index in [1.54, 1.807) is 12.4 Å². The molecule has 0 radical (unpaired) electrons. The van der Waals surface area contributed by atoms with Gasteiger partial charge in [0.2, 0.25) is 0 Å². The van der Waals surface area contributed by atoms with E-state index in [-0.39, 0.29) is 5.43 Å². The van der Waals surface area contributed by atoms with Crippen molar-refractivity contribution < 1.29 is 0 Å². The summed E-state index contributed by atoms with van der Waals surface area (Å²) in [6, 6.07) is 1.93. The molecule has 20 heavy (non-hydrogen) atoms. The third-order valence-electron chi connectivity index (χ3n) is 3.53. The lowest BCUT2D eigenvalue weighted by Gasteiger charge is -2.17. The van der Waals surface area contributed by atoms with Crippen molar-refractivity contribution in [1.29, 1.82) is 0 Å². The molecule has 2 aromatic heterocycles. The Morgan fingerprint density at radius 2 is 2.20 bits per heavy atom. The number of aromatic nitrogens is 3. The Hall–Kier alpha value is -1.88. The van der Waals surface area contributed by atoms with Gasteiger partial charge in [-0.05, 0) is 33.4 Å². The SMILES string of the molecule is Cc1c[nH]c(CN(C)CCCn2cccn2)c(C)c1=O. The Morgan fingerprint density at radius 1 is 1.40 bits per heavy atom. The van der Waals surface area contributed by atoms with Gasteiger partial charge in [0.15, 0.2) is 5.43 Å². The highest BCUT2D eigenvalue weighted by atomic mass is 16.1. The third kappa shape index (κ3) is 3.57. The van der Waals surface area contributed by atoms with E-state index in [4.69, 9.17) is 0 Å². The number of pyridine rings is 1. The minimum Gasteiger partial charge on any atom is -0.363 e. The van der Waals surface area contributed by atoms with E-state index in [2.05, 4.69) is 22.0 Å². The molecule has 2 aromatic rings. The van der Waals surface area contributed by atoms with Crippen LogP contribution in [0.25, 0.3) is 0 Å². The topological polar surface area (TPSA) is 53.9 Å². The molecule has 0 aliphatic carbocycles. The van der Waals surface area contributed by atoms with Gasteiger partial charge in [-0.25, -0.2) is 0 Å². The van der Waals surface area contributed by atoms with Crippen LogP contribution in [0.3, 0.4) is 0 Å². The molecule has 5 nitrogen and oxygen atoms in total. The Bertz CT molecular complexity index is 601. The first kappa shape index (κ1) is 14.5. The first-order valence-corrected chi connectivity index (χ1v) is 6.91. The predicted octanol–water partition coefficient (Wildman–Crippen LogP) is 1.71. The zero-order valence-corrected chi connectivity index (χ0v) is 12.4. The van der Waals surface area contributed by atoms with E-state index in [1.165, 1.54) is 0 Å². The first-order valence-electron chi connectivity index (χ1n) is 6.91. The van der Waals surface area contributed by atoms with Gasteiger partial charge in [0.1, 0.15) is 0 Å². The van der Waals surface area contributed by atoms with Crippen molar-refractivity contribution in [2.75, 3.05) is 13.6 Å². The normalized spacial score (nSPS) is 11.2. The van der Waals surface area contributed by atoms with Crippen LogP contribution in [0, 0.1) is 13.8 Å². The van der Waals surface area contributed by atoms with Crippen molar-refractivity contribution >= 4 is 0 Å². The van der Waals surface area contributed by atoms with Crippen LogP contribution in [-0.4, -0.2) is 33.3 Å². The van der Waals surface area contributed by atoms with Gasteiger partial charge in [0, 0.05) is 55.0 Å². The van der Waals surface area contributed by atoms with Gasteiger partial charge in [0.05, 0.1) is 0 Å². The largest absolute Gasteiger partial charge is 0.363 e. The average Bonchev–Trinajstić information content (AvgIpc) is 2.93. The summed E-state index contributed by atoms with van der Waals surface area (Å²) in [7, 11) is 2.07. The molecule has 2 rings (SSSR count). The molecular weight excluding hydrogens is 252 g/mol. The molecular formula is C15H22N4O. The van der Waals surface area contributed by atoms with Crippen molar-refractivity contribution in [3.63, 3.8) is 0 Å². The van der Waals surface area contributed by atoms with Gasteiger partial charge < -0.3 is 9.88 Å². The zero-order chi connectivity index (χ0) is 14.5. The minimum atomic E-state index is 0.142. The second-order valence-corrected chi connectivity index (χ2v) is 5.26. The van der Waals surface area contributed by atoms with E-state index in [0.29, 0.717) is 0 Å². The van der Waals surface area contributed by atoms with E-state index in [1.807, 2.05) is 30.8 Å². The molecule has 0 aromatic carbocycles. The van der Waals surface area contributed by atoms with Crippen LogP contribution in [0.2, 0.25) is 0 Å². The first-order chi connectivity index (χ1) is 9.58. The summed E-state index contributed by atoms with van der Waals surface area (Å²) in [6.07, 6.45) is 6.60. The zero-order valence-electron chi connectivity index (χ0n) is 12.4. The maximum Gasteiger partial charge on any atom is 0.187 e. The van der Waals surface area contributed by atoms with E-state index in [0.717, 1.165) is 42.9 Å². The number of aromatic amines is 1. The number of aryl methyl sites for hydroxylation is 2. The highest BCUT2D eigenvalue weighted by Gasteiger charge is 2.07. The number of nitrogens with zero attached hydrogens (tertiary/aromatic N) is 3. The molecule has 2 heterocycles. The number of hydrogen-bond donors (Lipinski definition) is 1. The Balaban J connectivity index is 1.87. The van der Waals surface area contributed by atoms with Crippen molar-refractivity contribution in [3.05, 3.63) is 51.7 Å². The van der Waals surface area contributed by atoms with Gasteiger partial charge in [-0.3, -0.25) is 9.48 Å². The van der Waals surface area contributed by atoms with Crippen molar-refractivity contribution in [1.82, 2.24) is 19.7 Å². The van der Waals surface area contributed by atoms with Crippen LogP contribution in [0.1, 0.15) is 23.2 Å². The molecule has 0 atom stereocenters. The summed E-state index contributed by atoms with van der Waals surface area (Å²) in [5.41, 5.74) is 2.74. The smallest absolute Gasteiger partial charge is 0.187 e. The lowest BCUT2D eigenvalue weighted by atomic mass is 10.1. The molecule has 108 valence electrons. The van der Waals surface area contributed by atoms with Crippen molar-refractivity contribution in [3.8, 4) is 0 Å². The number of hydrogen-bond acceptors (Lipinski definition) is 3. The van der Waals surface area contributed by atoms with E-state index >= 15 is 0 Å². The van der Waals surface area contributed by atoms with Crippen LogP contribution in [0.4, 0.5) is 0 Å². The molecule has 0 saturated heterocycles. The van der Waals surface area contributed by atoms with E-state index < -0.39 is 0 Å². The second kappa shape index (κ2) is 6.52. The number of H-pyrrole nitrogens is 1. The van der Waals surface area contributed by atoms with Crippen molar-refractivity contribution in [2.45, 2.75) is 33.4 Å². The summed E-state index contributed by atoms with van der Waals surface area (Å²) in [6.45, 7) is 6.37. The lowest BCUT2D eigenvalue weighted by molar-refractivity contribution is 0.307. The number of rotatable bonds is 6. The molecule has 0 amide bonds. The molecule has 1 N–H and O–H groups in total.